The summed E-state index contributed by atoms with van der Waals surface area (Å²) in [4.78, 5) is 11.6. The van der Waals surface area contributed by atoms with Gasteiger partial charge in [-0.2, -0.15) is 0 Å². The maximum Gasteiger partial charge on any atom is 0.133 e. The molecule has 4 nitrogen and oxygen atoms in total. The zero-order chi connectivity index (χ0) is 14.0. The third kappa shape index (κ3) is 3.24. The summed E-state index contributed by atoms with van der Waals surface area (Å²) in [6, 6.07) is 2.11. The number of nitrogens with zero attached hydrogens (tertiary/aromatic N) is 3. The van der Waals surface area contributed by atoms with E-state index in [9.17, 15) is 0 Å². The Hall–Kier alpha value is -1.16. The van der Waals surface area contributed by atoms with Crippen LogP contribution in [0.1, 0.15) is 51.0 Å². The first-order valence-corrected chi connectivity index (χ1v) is 7.23. The molecule has 4 heteroatoms. The molecule has 0 atom stereocenters. The van der Waals surface area contributed by atoms with Crippen molar-refractivity contribution in [2.24, 2.45) is 0 Å². The second-order valence-corrected chi connectivity index (χ2v) is 6.18. The Balaban J connectivity index is 2.15. The molecule has 1 aromatic heterocycles. The molecule has 2 rings (SSSR count). The van der Waals surface area contributed by atoms with Gasteiger partial charge in [-0.05, 0) is 33.7 Å². The largest absolute Gasteiger partial charge is 0.356 e. The minimum atomic E-state index is 0.277. The first-order chi connectivity index (χ1) is 8.93. The normalized spacial score (nSPS) is 18.9. The fourth-order valence-corrected chi connectivity index (χ4v) is 2.47. The van der Waals surface area contributed by atoms with Crippen LogP contribution in [0.4, 0.5) is 5.82 Å². The van der Waals surface area contributed by atoms with Crippen molar-refractivity contribution in [2.75, 3.05) is 25.0 Å². The van der Waals surface area contributed by atoms with Crippen molar-refractivity contribution in [3.8, 4) is 0 Å². The third-order valence-corrected chi connectivity index (χ3v) is 4.17. The number of hydrogen-bond donors (Lipinski definition) is 1. The quantitative estimate of drug-likeness (QED) is 0.908. The number of aromatic nitrogens is 2. The highest BCUT2D eigenvalue weighted by molar-refractivity contribution is 5.40. The van der Waals surface area contributed by atoms with Crippen LogP contribution in [0.2, 0.25) is 0 Å². The van der Waals surface area contributed by atoms with Gasteiger partial charge in [0.15, 0.2) is 0 Å². The van der Waals surface area contributed by atoms with Gasteiger partial charge in [0.1, 0.15) is 11.6 Å². The van der Waals surface area contributed by atoms with Crippen molar-refractivity contribution in [3.63, 3.8) is 0 Å². The summed E-state index contributed by atoms with van der Waals surface area (Å²) in [5.41, 5.74) is 1.34. The summed E-state index contributed by atoms with van der Waals surface area (Å²) < 4.78 is 0. The van der Waals surface area contributed by atoms with E-state index in [0.717, 1.165) is 43.3 Å². The first kappa shape index (κ1) is 14.3. The SMILES string of the molecule is CNC1(C)CCN(c2cc(C)nc(C(C)C)n2)CC1. The van der Waals surface area contributed by atoms with Crippen molar-refractivity contribution in [2.45, 2.75) is 52.0 Å². The molecule has 1 fully saturated rings. The number of aryl methyl sites for hydroxylation is 1. The lowest BCUT2D eigenvalue weighted by Crippen LogP contribution is -2.50. The standard InChI is InChI=1S/C15H26N4/c1-11(2)14-17-12(3)10-13(18-14)19-8-6-15(4,16-5)7-9-19/h10-11,16H,6-9H2,1-5H3. The van der Waals surface area contributed by atoms with E-state index in [2.05, 4.69) is 56.0 Å². The van der Waals surface area contributed by atoms with Crippen molar-refractivity contribution < 1.29 is 0 Å². The van der Waals surface area contributed by atoms with E-state index in [-0.39, 0.29) is 5.54 Å². The molecular weight excluding hydrogens is 236 g/mol. The Morgan fingerprint density at radius 3 is 2.42 bits per heavy atom. The monoisotopic (exact) mass is 262 g/mol. The highest BCUT2D eigenvalue weighted by atomic mass is 15.2. The van der Waals surface area contributed by atoms with E-state index in [4.69, 9.17) is 4.98 Å². The average Bonchev–Trinajstić information content (AvgIpc) is 2.39. The highest BCUT2D eigenvalue weighted by Crippen LogP contribution is 2.25. The molecule has 1 N–H and O–H groups in total. The Bertz CT molecular complexity index is 434. The molecule has 19 heavy (non-hydrogen) atoms. The van der Waals surface area contributed by atoms with E-state index < -0.39 is 0 Å². The Kier molecular flexibility index (Phi) is 4.09. The number of nitrogens with one attached hydrogen (secondary N) is 1. The molecule has 0 spiro atoms. The van der Waals surface area contributed by atoms with Crippen LogP contribution in [0, 0.1) is 6.92 Å². The van der Waals surface area contributed by atoms with E-state index >= 15 is 0 Å². The van der Waals surface area contributed by atoms with Crippen LogP contribution in [-0.4, -0.2) is 35.6 Å². The van der Waals surface area contributed by atoms with Crippen molar-refractivity contribution >= 4 is 5.82 Å². The lowest BCUT2D eigenvalue weighted by atomic mass is 9.90. The van der Waals surface area contributed by atoms with Crippen molar-refractivity contribution in [3.05, 3.63) is 17.6 Å². The lowest BCUT2D eigenvalue weighted by Gasteiger charge is -2.40. The van der Waals surface area contributed by atoms with Gasteiger partial charge in [0.2, 0.25) is 0 Å². The molecular formula is C15H26N4. The van der Waals surface area contributed by atoms with Gasteiger partial charge in [-0.15, -0.1) is 0 Å². The summed E-state index contributed by atoms with van der Waals surface area (Å²) in [5, 5.41) is 3.43. The van der Waals surface area contributed by atoms with Crippen LogP contribution in [0.3, 0.4) is 0 Å². The third-order valence-electron chi connectivity index (χ3n) is 4.17. The Morgan fingerprint density at radius 2 is 1.89 bits per heavy atom. The molecule has 0 saturated carbocycles. The molecule has 1 aliphatic rings. The van der Waals surface area contributed by atoms with Crippen molar-refractivity contribution in [1.82, 2.24) is 15.3 Å². The fraction of sp³-hybridized carbons (Fsp3) is 0.733. The molecule has 0 amide bonds. The summed E-state index contributed by atoms with van der Waals surface area (Å²) in [7, 11) is 2.06. The summed E-state index contributed by atoms with van der Waals surface area (Å²) >= 11 is 0. The zero-order valence-electron chi connectivity index (χ0n) is 12.8. The van der Waals surface area contributed by atoms with E-state index in [1.54, 1.807) is 0 Å². The molecule has 2 heterocycles. The van der Waals surface area contributed by atoms with Gasteiger partial charge in [0.05, 0.1) is 0 Å². The van der Waals surface area contributed by atoms with Gasteiger partial charge in [-0.25, -0.2) is 9.97 Å². The molecule has 0 unspecified atom stereocenters. The molecule has 0 aliphatic carbocycles. The van der Waals surface area contributed by atoms with Gasteiger partial charge in [-0.1, -0.05) is 13.8 Å². The predicted octanol–water partition coefficient (Wildman–Crippen LogP) is 2.49. The molecule has 106 valence electrons. The maximum absolute atomic E-state index is 4.72. The van der Waals surface area contributed by atoms with Gasteiger partial charge in [0.25, 0.3) is 0 Å². The van der Waals surface area contributed by atoms with Gasteiger partial charge < -0.3 is 10.2 Å². The Labute approximate surface area is 116 Å². The maximum atomic E-state index is 4.72. The molecule has 1 saturated heterocycles. The van der Waals surface area contributed by atoms with Gasteiger partial charge in [-0.3, -0.25) is 0 Å². The minimum absolute atomic E-state index is 0.277. The second kappa shape index (κ2) is 5.45. The Morgan fingerprint density at radius 1 is 1.26 bits per heavy atom. The smallest absolute Gasteiger partial charge is 0.133 e. The summed E-state index contributed by atoms with van der Waals surface area (Å²) in [6.07, 6.45) is 2.31. The van der Waals surface area contributed by atoms with Gasteiger partial charge >= 0.3 is 0 Å². The van der Waals surface area contributed by atoms with Crippen LogP contribution >= 0.6 is 0 Å². The topological polar surface area (TPSA) is 41.0 Å². The molecule has 1 aromatic rings. The average molecular weight is 262 g/mol. The zero-order valence-corrected chi connectivity index (χ0v) is 12.8. The van der Waals surface area contributed by atoms with Crippen molar-refractivity contribution in [1.29, 1.82) is 0 Å². The number of anilines is 1. The first-order valence-electron chi connectivity index (χ1n) is 7.23. The number of hydrogen-bond acceptors (Lipinski definition) is 4. The summed E-state index contributed by atoms with van der Waals surface area (Å²) in [6.45, 7) is 10.8. The highest BCUT2D eigenvalue weighted by Gasteiger charge is 2.29. The van der Waals surface area contributed by atoms with E-state index in [1.807, 2.05) is 0 Å². The van der Waals surface area contributed by atoms with Crippen LogP contribution in [0.15, 0.2) is 6.07 Å². The van der Waals surface area contributed by atoms with Crippen LogP contribution in [0.25, 0.3) is 0 Å². The summed E-state index contributed by atoms with van der Waals surface area (Å²) in [5.74, 6) is 2.43. The lowest BCUT2D eigenvalue weighted by molar-refractivity contribution is 0.304. The van der Waals surface area contributed by atoms with Crippen LogP contribution in [-0.2, 0) is 0 Å². The minimum Gasteiger partial charge on any atom is -0.356 e. The van der Waals surface area contributed by atoms with Gasteiger partial charge in [0, 0.05) is 36.3 Å². The predicted molar refractivity (Wildman–Crippen MR) is 79.8 cm³/mol. The molecule has 0 bridgehead atoms. The van der Waals surface area contributed by atoms with Crippen LogP contribution in [0.5, 0.6) is 0 Å². The number of piperidine rings is 1. The number of rotatable bonds is 3. The van der Waals surface area contributed by atoms with E-state index in [0.29, 0.717) is 5.92 Å². The molecule has 0 radical (unpaired) electrons. The molecule has 0 aromatic carbocycles. The van der Waals surface area contributed by atoms with Crippen LogP contribution < -0.4 is 10.2 Å². The fourth-order valence-electron chi connectivity index (χ4n) is 2.47. The second-order valence-electron chi connectivity index (χ2n) is 6.18. The molecule has 1 aliphatic heterocycles. The van der Waals surface area contributed by atoms with E-state index in [1.165, 1.54) is 0 Å².